The van der Waals surface area contributed by atoms with Gasteiger partial charge in [-0.25, -0.2) is 0 Å². The Bertz CT molecular complexity index is 838. The largest absolute Gasteiger partial charge is 0.398 e. The smallest absolute Gasteiger partial charge is 0.271 e. The molecule has 3 rings (SSSR count). The average Bonchev–Trinajstić information content (AvgIpc) is 2.97. The van der Waals surface area contributed by atoms with E-state index in [0.717, 1.165) is 5.82 Å². The van der Waals surface area contributed by atoms with Crippen LogP contribution in [0.1, 0.15) is 25.6 Å². The molecule has 0 aliphatic heterocycles. The standard InChI is InChI=1S/C12H12N6O2S/c1-6(2)10-14-15-12-17(10)16-11(21-12)8-4-3-7(18(19)20)5-9(8)13/h3-6H,13H2,1-2H3. The predicted octanol–water partition coefficient (Wildman–Crippen LogP) is 2.47. The highest BCUT2D eigenvalue weighted by Gasteiger charge is 2.17. The van der Waals surface area contributed by atoms with E-state index in [0.29, 0.717) is 21.2 Å². The second-order valence-electron chi connectivity index (χ2n) is 4.84. The molecule has 0 aliphatic rings. The molecule has 3 aromatic rings. The second kappa shape index (κ2) is 4.77. The monoisotopic (exact) mass is 304 g/mol. The number of non-ortho nitro benzene ring substituents is 1. The molecule has 21 heavy (non-hydrogen) atoms. The number of nitrogens with two attached hydrogens (primary N) is 1. The molecule has 2 aromatic heterocycles. The van der Waals surface area contributed by atoms with Crippen molar-refractivity contribution in [3.63, 3.8) is 0 Å². The fourth-order valence-electron chi connectivity index (χ4n) is 1.96. The Balaban J connectivity index is 2.10. The number of nitrogens with zero attached hydrogens (tertiary/aromatic N) is 5. The van der Waals surface area contributed by atoms with Crippen LogP contribution in [-0.4, -0.2) is 24.7 Å². The van der Waals surface area contributed by atoms with E-state index in [4.69, 9.17) is 5.73 Å². The van der Waals surface area contributed by atoms with Crippen molar-refractivity contribution in [2.24, 2.45) is 0 Å². The molecule has 1 aromatic carbocycles. The summed E-state index contributed by atoms with van der Waals surface area (Å²) in [6, 6.07) is 4.35. The molecule has 0 bridgehead atoms. The zero-order valence-electron chi connectivity index (χ0n) is 11.3. The third kappa shape index (κ3) is 2.21. The topological polar surface area (TPSA) is 112 Å². The summed E-state index contributed by atoms with van der Waals surface area (Å²) in [6.45, 7) is 4.02. The Morgan fingerprint density at radius 2 is 2.14 bits per heavy atom. The maximum atomic E-state index is 10.7. The number of fused-ring (bicyclic) bond motifs is 1. The van der Waals surface area contributed by atoms with Gasteiger partial charge in [-0.1, -0.05) is 25.2 Å². The van der Waals surface area contributed by atoms with Gasteiger partial charge in [-0.05, 0) is 6.07 Å². The van der Waals surface area contributed by atoms with Gasteiger partial charge in [-0.3, -0.25) is 10.1 Å². The van der Waals surface area contributed by atoms with E-state index in [1.165, 1.54) is 23.5 Å². The summed E-state index contributed by atoms with van der Waals surface area (Å²) < 4.78 is 1.69. The van der Waals surface area contributed by atoms with Crippen molar-refractivity contribution in [1.82, 2.24) is 19.8 Å². The Kier molecular flexibility index (Phi) is 3.05. The van der Waals surface area contributed by atoms with Gasteiger partial charge < -0.3 is 5.73 Å². The zero-order chi connectivity index (χ0) is 15.1. The Hall–Kier alpha value is -2.55. The molecule has 0 fully saturated rings. The summed E-state index contributed by atoms with van der Waals surface area (Å²) in [4.78, 5) is 10.9. The van der Waals surface area contributed by atoms with E-state index in [1.807, 2.05) is 13.8 Å². The van der Waals surface area contributed by atoms with Crippen molar-refractivity contribution in [3.8, 4) is 10.6 Å². The van der Waals surface area contributed by atoms with Crippen LogP contribution in [0.5, 0.6) is 0 Å². The molecule has 0 amide bonds. The average molecular weight is 304 g/mol. The fourth-order valence-corrected chi connectivity index (χ4v) is 2.85. The fraction of sp³-hybridized carbons (Fsp3) is 0.250. The van der Waals surface area contributed by atoms with Gasteiger partial charge in [0.05, 0.1) is 4.92 Å². The third-order valence-electron chi connectivity index (χ3n) is 3.01. The van der Waals surface area contributed by atoms with Crippen LogP contribution < -0.4 is 5.73 Å². The van der Waals surface area contributed by atoms with Crippen LogP contribution in [0, 0.1) is 10.1 Å². The molecule has 2 N–H and O–H groups in total. The van der Waals surface area contributed by atoms with Crippen molar-refractivity contribution in [2.45, 2.75) is 19.8 Å². The van der Waals surface area contributed by atoms with Gasteiger partial charge in [0.15, 0.2) is 5.82 Å². The van der Waals surface area contributed by atoms with Gasteiger partial charge >= 0.3 is 0 Å². The van der Waals surface area contributed by atoms with Crippen LogP contribution in [-0.2, 0) is 0 Å². The summed E-state index contributed by atoms with van der Waals surface area (Å²) in [5.41, 5.74) is 6.83. The highest BCUT2D eigenvalue weighted by molar-refractivity contribution is 7.19. The van der Waals surface area contributed by atoms with Crippen LogP contribution in [0.2, 0.25) is 0 Å². The number of rotatable bonds is 3. The Morgan fingerprint density at radius 1 is 1.38 bits per heavy atom. The maximum Gasteiger partial charge on any atom is 0.271 e. The molecule has 0 aliphatic carbocycles. The molecular formula is C12H12N6O2S. The maximum absolute atomic E-state index is 10.7. The first kappa shape index (κ1) is 13.4. The first-order valence-corrected chi connectivity index (χ1v) is 7.05. The van der Waals surface area contributed by atoms with Crippen molar-refractivity contribution in [1.29, 1.82) is 0 Å². The minimum absolute atomic E-state index is 0.0397. The van der Waals surface area contributed by atoms with Crippen LogP contribution in [0.25, 0.3) is 15.5 Å². The van der Waals surface area contributed by atoms with Gasteiger partial charge in [0.2, 0.25) is 4.96 Å². The lowest BCUT2D eigenvalue weighted by Crippen LogP contribution is -1.98. The lowest BCUT2D eigenvalue weighted by Gasteiger charge is -2.01. The van der Waals surface area contributed by atoms with Gasteiger partial charge in [-0.2, -0.15) is 9.61 Å². The second-order valence-corrected chi connectivity index (χ2v) is 5.80. The first-order chi connectivity index (χ1) is 9.97. The number of hydrogen-bond donors (Lipinski definition) is 1. The first-order valence-electron chi connectivity index (χ1n) is 6.24. The van der Waals surface area contributed by atoms with E-state index in [1.54, 1.807) is 10.6 Å². The van der Waals surface area contributed by atoms with Crippen molar-refractivity contribution in [2.75, 3.05) is 5.73 Å². The number of nitro groups is 1. The summed E-state index contributed by atoms with van der Waals surface area (Å²) in [5, 5.41) is 24.0. The number of hydrogen-bond acceptors (Lipinski definition) is 7. The number of aromatic nitrogens is 4. The van der Waals surface area contributed by atoms with E-state index in [9.17, 15) is 10.1 Å². The predicted molar refractivity (Wildman–Crippen MR) is 79.3 cm³/mol. The number of benzene rings is 1. The van der Waals surface area contributed by atoms with Gasteiger partial charge in [0.25, 0.3) is 5.69 Å². The highest BCUT2D eigenvalue weighted by atomic mass is 32.1. The summed E-state index contributed by atoms with van der Waals surface area (Å²) in [5.74, 6) is 0.970. The molecule has 9 heteroatoms. The molecular weight excluding hydrogens is 292 g/mol. The quantitative estimate of drug-likeness (QED) is 0.452. The van der Waals surface area contributed by atoms with Gasteiger partial charge in [-0.15, -0.1) is 10.2 Å². The highest BCUT2D eigenvalue weighted by Crippen LogP contribution is 2.32. The Labute approximate surface area is 123 Å². The third-order valence-corrected chi connectivity index (χ3v) is 3.94. The summed E-state index contributed by atoms with van der Waals surface area (Å²) in [6.07, 6.45) is 0. The SMILES string of the molecule is CC(C)c1nnc2sc(-c3ccc([N+](=O)[O-])cc3N)nn12. The van der Waals surface area contributed by atoms with E-state index in [2.05, 4.69) is 15.3 Å². The van der Waals surface area contributed by atoms with Gasteiger partial charge in [0, 0.05) is 29.3 Å². The molecule has 0 unspecified atom stereocenters. The number of anilines is 1. The van der Waals surface area contributed by atoms with Crippen molar-refractivity contribution < 1.29 is 4.92 Å². The van der Waals surface area contributed by atoms with E-state index >= 15 is 0 Å². The van der Waals surface area contributed by atoms with Crippen LogP contribution in [0.15, 0.2) is 18.2 Å². The molecule has 0 spiro atoms. The lowest BCUT2D eigenvalue weighted by molar-refractivity contribution is -0.384. The van der Waals surface area contributed by atoms with E-state index < -0.39 is 4.92 Å². The minimum atomic E-state index is -0.477. The molecule has 8 nitrogen and oxygen atoms in total. The number of nitro benzene ring substituents is 1. The molecule has 2 heterocycles. The van der Waals surface area contributed by atoms with Crippen LogP contribution in [0.4, 0.5) is 11.4 Å². The van der Waals surface area contributed by atoms with Crippen LogP contribution in [0.3, 0.4) is 0 Å². The van der Waals surface area contributed by atoms with Crippen molar-refractivity contribution in [3.05, 3.63) is 34.1 Å². The lowest BCUT2D eigenvalue weighted by atomic mass is 10.2. The van der Waals surface area contributed by atoms with Crippen LogP contribution >= 0.6 is 11.3 Å². The minimum Gasteiger partial charge on any atom is -0.398 e. The van der Waals surface area contributed by atoms with Gasteiger partial charge in [0.1, 0.15) is 5.01 Å². The van der Waals surface area contributed by atoms with E-state index in [-0.39, 0.29) is 11.6 Å². The molecule has 0 saturated heterocycles. The number of nitrogen functional groups attached to an aromatic ring is 1. The van der Waals surface area contributed by atoms with Crippen molar-refractivity contribution >= 4 is 27.7 Å². The summed E-state index contributed by atoms with van der Waals surface area (Å²) >= 11 is 1.35. The molecule has 108 valence electrons. The zero-order valence-corrected chi connectivity index (χ0v) is 12.2. The molecule has 0 radical (unpaired) electrons. The Morgan fingerprint density at radius 3 is 2.76 bits per heavy atom. The molecule has 0 saturated carbocycles. The molecule has 0 atom stereocenters. The normalized spacial score (nSPS) is 11.4. The summed E-state index contributed by atoms with van der Waals surface area (Å²) in [7, 11) is 0.